The van der Waals surface area contributed by atoms with Crippen LogP contribution in [-0.4, -0.2) is 4.92 Å². The van der Waals surface area contributed by atoms with Crippen LogP contribution in [0.3, 0.4) is 0 Å². The van der Waals surface area contributed by atoms with Crippen LogP contribution in [0.25, 0.3) is 0 Å². The molecule has 0 saturated carbocycles. The topological polar surface area (TPSA) is 55.2 Å². The van der Waals surface area contributed by atoms with Crippen LogP contribution in [0.1, 0.15) is 24.1 Å². The van der Waals surface area contributed by atoms with Crippen molar-refractivity contribution < 1.29 is 4.92 Å². The first-order chi connectivity index (χ1) is 9.06. The first-order valence-corrected chi connectivity index (χ1v) is 7.44. The summed E-state index contributed by atoms with van der Waals surface area (Å²) in [7, 11) is 0. The van der Waals surface area contributed by atoms with E-state index in [1.54, 1.807) is 23.5 Å². The second-order valence-corrected chi connectivity index (χ2v) is 6.50. The van der Waals surface area contributed by atoms with Gasteiger partial charge in [0.05, 0.1) is 8.71 Å². The summed E-state index contributed by atoms with van der Waals surface area (Å²) >= 11 is 5.07. The highest BCUT2D eigenvalue weighted by Crippen LogP contribution is 2.22. The molecule has 19 heavy (non-hydrogen) atoms. The maximum atomic E-state index is 10.7. The molecule has 0 aliphatic rings. The van der Waals surface area contributed by atoms with E-state index in [9.17, 15) is 10.1 Å². The van der Waals surface area contributed by atoms with Crippen molar-refractivity contribution in [3.63, 3.8) is 0 Å². The lowest BCUT2D eigenvalue weighted by molar-refractivity contribution is -0.384. The lowest BCUT2D eigenvalue weighted by Crippen LogP contribution is -2.17. The van der Waals surface area contributed by atoms with Gasteiger partial charge in [-0.2, -0.15) is 0 Å². The third-order valence-corrected chi connectivity index (χ3v) is 4.37. The van der Waals surface area contributed by atoms with Gasteiger partial charge in [0.1, 0.15) is 0 Å². The van der Waals surface area contributed by atoms with E-state index in [0.29, 0.717) is 0 Å². The molecule has 0 bridgehead atoms. The first kappa shape index (κ1) is 14.2. The van der Waals surface area contributed by atoms with E-state index in [1.165, 1.54) is 11.6 Å². The molecular weight excluding hydrogens is 328 g/mol. The molecule has 1 N–H and O–H groups in total. The molecule has 0 radical (unpaired) electrons. The molecule has 1 aromatic carbocycles. The quantitative estimate of drug-likeness (QED) is 0.653. The number of nitro benzene ring substituents is 1. The number of hydrogen-bond donors (Lipinski definition) is 1. The summed E-state index contributed by atoms with van der Waals surface area (Å²) in [5.74, 6) is 0. The number of benzene rings is 1. The Labute approximate surface area is 123 Å². The number of nitro groups is 1. The molecule has 0 aliphatic carbocycles. The van der Waals surface area contributed by atoms with E-state index < -0.39 is 0 Å². The summed E-state index contributed by atoms with van der Waals surface area (Å²) in [5, 5.41) is 16.2. The highest BCUT2D eigenvalue weighted by atomic mass is 79.9. The molecule has 0 fully saturated rings. The highest BCUT2D eigenvalue weighted by molar-refractivity contribution is 9.11. The molecular formula is C13H13BrN2O2S. The van der Waals surface area contributed by atoms with Crippen molar-refractivity contribution in [3.05, 3.63) is 60.7 Å². The van der Waals surface area contributed by atoms with Crippen LogP contribution in [-0.2, 0) is 6.54 Å². The van der Waals surface area contributed by atoms with Gasteiger partial charge in [-0.1, -0.05) is 12.1 Å². The summed E-state index contributed by atoms with van der Waals surface area (Å²) in [6, 6.07) is 8.87. The third-order valence-electron chi connectivity index (χ3n) is 2.82. The zero-order valence-electron chi connectivity index (χ0n) is 10.3. The van der Waals surface area contributed by atoms with Gasteiger partial charge in [0, 0.05) is 24.7 Å². The monoisotopic (exact) mass is 340 g/mol. The Morgan fingerprint density at radius 2 is 2.26 bits per heavy atom. The van der Waals surface area contributed by atoms with E-state index in [2.05, 4.69) is 32.7 Å². The van der Waals surface area contributed by atoms with Crippen molar-refractivity contribution in [1.82, 2.24) is 5.32 Å². The Morgan fingerprint density at radius 3 is 2.89 bits per heavy atom. The minimum atomic E-state index is -0.369. The summed E-state index contributed by atoms with van der Waals surface area (Å²) in [6.07, 6.45) is 0. The molecule has 2 aromatic rings. The molecule has 2 rings (SSSR count). The highest BCUT2D eigenvalue weighted by Gasteiger charge is 2.10. The largest absolute Gasteiger partial charge is 0.306 e. The molecule has 0 aliphatic heterocycles. The van der Waals surface area contributed by atoms with Gasteiger partial charge < -0.3 is 5.32 Å². The number of non-ortho nitro benzene ring substituents is 1. The van der Waals surface area contributed by atoms with Gasteiger partial charge in [0.15, 0.2) is 0 Å². The molecule has 4 nitrogen and oxygen atoms in total. The fourth-order valence-corrected chi connectivity index (χ4v) is 2.94. The van der Waals surface area contributed by atoms with Crippen LogP contribution in [0.5, 0.6) is 0 Å². The number of hydrogen-bond acceptors (Lipinski definition) is 4. The average Bonchev–Trinajstić information content (AvgIpc) is 2.82. The third kappa shape index (κ3) is 3.86. The molecule has 1 atom stereocenters. The molecule has 0 amide bonds. The van der Waals surface area contributed by atoms with Crippen LogP contribution in [0.4, 0.5) is 5.69 Å². The molecule has 0 spiro atoms. The zero-order valence-corrected chi connectivity index (χ0v) is 12.7. The number of thiophene rings is 1. The second-order valence-electron chi connectivity index (χ2n) is 4.21. The van der Waals surface area contributed by atoms with Crippen molar-refractivity contribution in [2.75, 3.05) is 0 Å². The predicted octanol–water partition coefficient (Wildman–Crippen LogP) is 4.27. The Kier molecular flexibility index (Phi) is 4.68. The van der Waals surface area contributed by atoms with Gasteiger partial charge in [-0.25, -0.2) is 0 Å². The summed E-state index contributed by atoms with van der Waals surface area (Å²) in [5.41, 5.74) is 2.25. The van der Waals surface area contributed by atoms with Crippen molar-refractivity contribution in [2.45, 2.75) is 19.5 Å². The number of rotatable bonds is 5. The minimum absolute atomic E-state index is 0.0681. The second kappa shape index (κ2) is 6.27. The Bertz CT molecular complexity index is 586. The SMILES string of the molecule is CC(NCc1csc(Br)c1)c1cccc([N+](=O)[O-])c1. The molecule has 1 heterocycles. The zero-order chi connectivity index (χ0) is 13.8. The van der Waals surface area contributed by atoms with Gasteiger partial charge in [-0.05, 0) is 45.4 Å². The van der Waals surface area contributed by atoms with Crippen molar-refractivity contribution in [2.24, 2.45) is 0 Å². The number of nitrogens with zero attached hydrogens (tertiary/aromatic N) is 1. The van der Waals surface area contributed by atoms with Gasteiger partial charge in [-0.15, -0.1) is 11.3 Å². The fraction of sp³-hybridized carbons (Fsp3) is 0.231. The Morgan fingerprint density at radius 1 is 1.47 bits per heavy atom. The van der Waals surface area contributed by atoms with Crippen LogP contribution in [0, 0.1) is 10.1 Å². The summed E-state index contributed by atoms with van der Waals surface area (Å²) in [4.78, 5) is 10.4. The smallest absolute Gasteiger partial charge is 0.269 e. The average molecular weight is 341 g/mol. The van der Waals surface area contributed by atoms with E-state index in [-0.39, 0.29) is 16.7 Å². The van der Waals surface area contributed by atoms with Gasteiger partial charge in [0.25, 0.3) is 5.69 Å². The van der Waals surface area contributed by atoms with Crippen molar-refractivity contribution in [1.29, 1.82) is 0 Å². The fourth-order valence-electron chi connectivity index (χ4n) is 1.73. The van der Waals surface area contributed by atoms with E-state index in [4.69, 9.17) is 0 Å². The normalized spacial score (nSPS) is 12.3. The van der Waals surface area contributed by atoms with Crippen LogP contribution in [0.2, 0.25) is 0 Å². The molecule has 1 aromatic heterocycles. The standard InChI is InChI=1S/C13H13BrN2O2S/c1-9(15-7-10-5-13(14)19-8-10)11-3-2-4-12(6-11)16(17)18/h2-6,8-9,15H,7H2,1H3. The van der Waals surface area contributed by atoms with Crippen LogP contribution in [0.15, 0.2) is 39.5 Å². The lowest BCUT2D eigenvalue weighted by atomic mass is 10.1. The maximum absolute atomic E-state index is 10.7. The molecule has 6 heteroatoms. The molecule has 100 valence electrons. The van der Waals surface area contributed by atoms with Crippen molar-refractivity contribution >= 4 is 33.0 Å². The molecule has 0 saturated heterocycles. The predicted molar refractivity (Wildman–Crippen MR) is 80.4 cm³/mol. The summed E-state index contributed by atoms with van der Waals surface area (Å²) in [6.45, 7) is 2.74. The number of halogens is 1. The van der Waals surface area contributed by atoms with Crippen LogP contribution >= 0.6 is 27.3 Å². The van der Waals surface area contributed by atoms with Gasteiger partial charge in [-0.3, -0.25) is 10.1 Å². The van der Waals surface area contributed by atoms with Gasteiger partial charge in [0.2, 0.25) is 0 Å². The van der Waals surface area contributed by atoms with Crippen LogP contribution < -0.4 is 5.32 Å². The minimum Gasteiger partial charge on any atom is -0.306 e. The molecule has 1 unspecified atom stereocenters. The van der Waals surface area contributed by atoms with Crippen molar-refractivity contribution in [3.8, 4) is 0 Å². The van der Waals surface area contributed by atoms with E-state index in [0.717, 1.165) is 15.9 Å². The maximum Gasteiger partial charge on any atom is 0.269 e. The Hall–Kier alpha value is -1.24. The van der Waals surface area contributed by atoms with E-state index >= 15 is 0 Å². The van der Waals surface area contributed by atoms with Gasteiger partial charge >= 0.3 is 0 Å². The number of nitrogens with one attached hydrogen (secondary N) is 1. The lowest BCUT2D eigenvalue weighted by Gasteiger charge is -2.13. The van der Waals surface area contributed by atoms with E-state index in [1.807, 2.05) is 13.0 Å². The summed E-state index contributed by atoms with van der Waals surface area (Å²) < 4.78 is 1.10. The first-order valence-electron chi connectivity index (χ1n) is 5.77. The Balaban J connectivity index is 2.01.